The summed E-state index contributed by atoms with van der Waals surface area (Å²) in [7, 11) is 4.21. The summed E-state index contributed by atoms with van der Waals surface area (Å²) in [4.78, 5) is 30.3. The number of nitrogens with zero attached hydrogens (tertiary/aromatic N) is 6. The van der Waals surface area contributed by atoms with Crippen LogP contribution < -0.4 is 15.5 Å². The number of amides is 1. The highest BCUT2D eigenvalue weighted by atomic mass is 16.2. The molecule has 2 aliphatic rings. The number of anilines is 3. The van der Waals surface area contributed by atoms with Gasteiger partial charge in [0.05, 0.1) is 12.2 Å². The lowest BCUT2D eigenvalue weighted by molar-refractivity contribution is -0.114. The van der Waals surface area contributed by atoms with E-state index in [4.69, 9.17) is 4.98 Å². The quantitative estimate of drug-likeness (QED) is 0.584. The molecule has 0 aliphatic carbocycles. The first kappa shape index (κ1) is 22.3. The van der Waals surface area contributed by atoms with Crippen LogP contribution in [0.1, 0.15) is 30.1 Å². The van der Waals surface area contributed by atoms with Crippen LogP contribution in [0.3, 0.4) is 0 Å². The number of aromatic nitrogens is 4. The Labute approximate surface area is 200 Å². The third-order valence-electron chi connectivity index (χ3n) is 6.61. The van der Waals surface area contributed by atoms with E-state index in [2.05, 4.69) is 86.4 Å². The van der Waals surface area contributed by atoms with Crippen molar-refractivity contribution in [1.29, 1.82) is 0 Å². The number of carbonyl (C=O) groups excluding carboxylic acids is 1. The number of carbonyl (C=O) groups is 1. The lowest BCUT2D eigenvalue weighted by atomic mass is 9.95. The molecule has 1 amide bonds. The number of fused-ring (bicyclic) bond motifs is 1. The number of rotatable bonds is 6. The van der Waals surface area contributed by atoms with Gasteiger partial charge < -0.3 is 25.0 Å². The summed E-state index contributed by atoms with van der Waals surface area (Å²) < 4.78 is 2.34. The molecule has 1 aromatic carbocycles. The largest absolute Gasteiger partial charge is 0.359 e. The van der Waals surface area contributed by atoms with Crippen LogP contribution in [0, 0.1) is 6.92 Å². The Bertz CT molecular complexity index is 1160. The van der Waals surface area contributed by atoms with E-state index in [1.54, 1.807) is 6.33 Å². The first-order valence-electron chi connectivity index (χ1n) is 11.9. The van der Waals surface area contributed by atoms with E-state index in [0.29, 0.717) is 17.4 Å². The second-order valence-electron chi connectivity index (χ2n) is 9.43. The second kappa shape index (κ2) is 9.42. The zero-order valence-corrected chi connectivity index (χ0v) is 20.1. The highest BCUT2D eigenvalue weighted by Gasteiger charge is 2.29. The summed E-state index contributed by atoms with van der Waals surface area (Å²) in [5.41, 5.74) is 4.13. The molecule has 3 aromatic rings. The molecule has 2 N–H and O–H groups in total. The monoisotopic (exact) mass is 460 g/mol. The van der Waals surface area contributed by atoms with E-state index in [9.17, 15) is 4.79 Å². The van der Waals surface area contributed by atoms with Crippen molar-refractivity contribution in [2.45, 2.75) is 32.2 Å². The van der Waals surface area contributed by atoms with Crippen LogP contribution in [-0.2, 0) is 11.3 Å². The maximum atomic E-state index is 11.9. The predicted molar refractivity (Wildman–Crippen MR) is 134 cm³/mol. The average Bonchev–Trinajstić information content (AvgIpc) is 3.27. The topological polar surface area (TPSA) is 91.2 Å². The standard InChI is InChI=1S/C25H32N8O/c1-17-4-6-18(7-5-17)20-15-33(13-12-31(2)3)24(29-20)19-8-10-32(11-9-19)25-22-23(27-16-28-25)26-14-21(34)30-22/h4-7,15-16,19H,8-14H2,1-3H3,(H,30,34)(H,26,27,28). The van der Waals surface area contributed by atoms with Gasteiger partial charge in [-0.25, -0.2) is 15.0 Å². The molecule has 4 heterocycles. The molecule has 9 heteroatoms. The molecular formula is C25H32N8O. The van der Waals surface area contributed by atoms with E-state index < -0.39 is 0 Å². The number of piperidine rings is 1. The van der Waals surface area contributed by atoms with Crippen LogP contribution >= 0.6 is 0 Å². The van der Waals surface area contributed by atoms with Gasteiger partial charge in [-0.05, 0) is 33.9 Å². The molecule has 178 valence electrons. The van der Waals surface area contributed by atoms with Gasteiger partial charge in [-0.15, -0.1) is 0 Å². The van der Waals surface area contributed by atoms with Crippen molar-refractivity contribution in [3.63, 3.8) is 0 Å². The molecule has 2 aliphatic heterocycles. The van der Waals surface area contributed by atoms with E-state index >= 15 is 0 Å². The normalized spacial score (nSPS) is 16.4. The van der Waals surface area contributed by atoms with Crippen LogP contribution in [0.4, 0.5) is 17.3 Å². The lowest BCUT2D eigenvalue weighted by Crippen LogP contribution is -2.37. The van der Waals surface area contributed by atoms with Crippen molar-refractivity contribution in [3.8, 4) is 11.3 Å². The number of likely N-dealkylation sites (N-methyl/N-ethyl adjacent to an activating group) is 1. The van der Waals surface area contributed by atoms with E-state index in [1.807, 2.05) is 0 Å². The number of hydrogen-bond donors (Lipinski definition) is 2. The third kappa shape index (κ3) is 4.61. The molecule has 0 radical (unpaired) electrons. The highest BCUT2D eigenvalue weighted by molar-refractivity contribution is 6.02. The SMILES string of the molecule is Cc1ccc(-c2cn(CCN(C)C)c(C3CCN(c4ncnc5c4NC(=O)CN5)CC3)n2)cc1. The van der Waals surface area contributed by atoms with Crippen LogP contribution in [0.2, 0.25) is 0 Å². The van der Waals surface area contributed by atoms with Crippen molar-refractivity contribution in [2.24, 2.45) is 0 Å². The fourth-order valence-corrected chi connectivity index (χ4v) is 4.67. The maximum Gasteiger partial charge on any atom is 0.243 e. The smallest absolute Gasteiger partial charge is 0.243 e. The molecule has 1 fully saturated rings. The van der Waals surface area contributed by atoms with E-state index in [0.717, 1.165) is 61.9 Å². The Morgan fingerprint density at radius 2 is 1.88 bits per heavy atom. The minimum absolute atomic E-state index is 0.0648. The number of hydrogen-bond acceptors (Lipinski definition) is 7. The fourth-order valence-electron chi connectivity index (χ4n) is 4.67. The van der Waals surface area contributed by atoms with Gasteiger partial charge in [-0.3, -0.25) is 4.79 Å². The molecule has 9 nitrogen and oxygen atoms in total. The zero-order chi connectivity index (χ0) is 23.7. The van der Waals surface area contributed by atoms with Gasteiger partial charge in [0.25, 0.3) is 0 Å². The summed E-state index contributed by atoms with van der Waals surface area (Å²) in [6.45, 7) is 5.93. The van der Waals surface area contributed by atoms with Gasteiger partial charge in [-0.1, -0.05) is 29.8 Å². The number of aryl methyl sites for hydroxylation is 1. The Morgan fingerprint density at radius 3 is 2.62 bits per heavy atom. The number of imidazole rings is 1. The summed E-state index contributed by atoms with van der Waals surface area (Å²) in [5.74, 6) is 2.96. The molecule has 1 saturated heterocycles. The van der Waals surface area contributed by atoms with Crippen LogP contribution in [0.5, 0.6) is 0 Å². The van der Waals surface area contributed by atoms with Crippen molar-refractivity contribution in [3.05, 3.63) is 48.2 Å². The van der Waals surface area contributed by atoms with Crippen LogP contribution in [-0.4, -0.2) is 70.6 Å². The minimum atomic E-state index is -0.0648. The predicted octanol–water partition coefficient (Wildman–Crippen LogP) is 2.96. The first-order chi connectivity index (χ1) is 16.5. The highest BCUT2D eigenvalue weighted by Crippen LogP contribution is 2.36. The van der Waals surface area contributed by atoms with Gasteiger partial charge in [0.2, 0.25) is 5.91 Å². The van der Waals surface area contributed by atoms with Gasteiger partial charge in [-0.2, -0.15) is 0 Å². The molecule has 0 spiro atoms. The minimum Gasteiger partial charge on any atom is -0.359 e. The zero-order valence-electron chi connectivity index (χ0n) is 20.1. The maximum absolute atomic E-state index is 11.9. The molecule has 0 atom stereocenters. The van der Waals surface area contributed by atoms with Crippen LogP contribution in [0.15, 0.2) is 36.8 Å². The molecule has 0 bridgehead atoms. The van der Waals surface area contributed by atoms with Crippen molar-refractivity contribution in [2.75, 3.05) is 55.8 Å². The van der Waals surface area contributed by atoms with E-state index in [-0.39, 0.29) is 12.5 Å². The summed E-state index contributed by atoms with van der Waals surface area (Å²) in [6.07, 6.45) is 5.73. The van der Waals surface area contributed by atoms with Gasteiger partial charge >= 0.3 is 0 Å². The first-order valence-corrected chi connectivity index (χ1v) is 11.9. The molecule has 5 rings (SSSR count). The van der Waals surface area contributed by atoms with Gasteiger partial charge in [0, 0.05) is 43.9 Å². The lowest BCUT2D eigenvalue weighted by Gasteiger charge is -2.34. The summed E-state index contributed by atoms with van der Waals surface area (Å²) in [6, 6.07) is 8.59. The Kier molecular flexibility index (Phi) is 6.19. The molecule has 0 unspecified atom stereocenters. The molecular weight excluding hydrogens is 428 g/mol. The van der Waals surface area contributed by atoms with E-state index in [1.165, 1.54) is 5.56 Å². The molecule has 0 saturated carbocycles. The fraction of sp³-hybridized carbons (Fsp3) is 0.440. The van der Waals surface area contributed by atoms with Crippen molar-refractivity contribution in [1.82, 2.24) is 24.4 Å². The van der Waals surface area contributed by atoms with Gasteiger partial charge in [0.15, 0.2) is 11.6 Å². The average molecular weight is 461 g/mol. The second-order valence-corrected chi connectivity index (χ2v) is 9.43. The Morgan fingerprint density at radius 1 is 1.12 bits per heavy atom. The molecule has 2 aromatic heterocycles. The number of nitrogens with one attached hydrogen (secondary N) is 2. The third-order valence-corrected chi connectivity index (χ3v) is 6.61. The Hall–Kier alpha value is -3.46. The Balaban J connectivity index is 1.36. The van der Waals surface area contributed by atoms with Crippen LogP contribution in [0.25, 0.3) is 11.3 Å². The summed E-state index contributed by atoms with van der Waals surface area (Å²) >= 11 is 0. The molecule has 34 heavy (non-hydrogen) atoms. The van der Waals surface area contributed by atoms with Gasteiger partial charge in [0.1, 0.15) is 17.8 Å². The van der Waals surface area contributed by atoms with Crippen molar-refractivity contribution >= 4 is 23.2 Å². The van der Waals surface area contributed by atoms with Crippen molar-refractivity contribution < 1.29 is 4.79 Å². The summed E-state index contributed by atoms with van der Waals surface area (Å²) in [5, 5.41) is 6.01. The number of benzene rings is 1.